The van der Waals surface area contributed by atoms with Crippen molar-refractivity contribution in [2.45, 2.75) is 0 Å². The molecule has 24 heavy (non-hydrogen) atoms. The molecule has 1 aliphatic rings. The number of nitrogens with two attached hydrogens (primary N) is 1. The van der Waals surface area contributed by atoms with E-state index in [0.717, 1.165) is 0 Å². The van der Waals surface area contributed by atoms with Gasteiger partial charge in [0.2, 0.25) is 11.8 Å². The Bertz CT molecular complexity index is 585. The zero-order valence-corrected chi connectivity index (χ0v) is 13.4. The fourth-order valence-corrected chi connectivity index (χ4v) is 2.64. The van der Waals surface area contributed by atoms with E-state index in [1.165, 1.54) is 4.90 Å². The van der Waals surface area contributed by atoms with Crippen LogP contribution in [0.15, 0.2) is 30.3 Å². The Balaban J connectivity index is 1.96. The molecule has 1 aromatic carbocycles. The van der Waals surface area contributed by atoms with E-state index in [1.807, 2.05) is 6.07 Å². The van der Waals surface area contributed by atoms with Crippen LogP contribution in [0, 0.1) is 0 Å². The summed E-state index contributed by atoms with van der Waals surface area (Å²) in [5, 5.41) is 9.07. The number of hydrogen-bond donors (Lipinski definition) is 2. The molecule has 1 fully saturated rings. The van der Waals surface area contributed by atoms with Gasteiger partial charge in [0.05, 0.1) is 13.1 Å². The number of rotatable bonds is 6. The molecule has 0 aliphatic carbocycles. The lowest BCUT2D eigenvalue weighted by atomic mass is 10.2. The van der Waals surface area contributed by atoms with E-state index in [0.29, 0.717) is 31.9 Å². The van der Waals surface area contributed by atoms with Gasteiger partial charge in [0.1, 0.15) is 6.54 Å². The van der Waals surface area contributed by atoms with Crippen LogP contribution < -0.4 is 10.6 Å². The van der Waals surface area contributed by atoms with Gasteiger partial charge in [-0.05, 0) is 12.1 Å². The molecule has 0 radical (unpaired) electrons. The summed E-state index contributed by atoms with van der Waals surface area (Å²) in [6.45, 7) is 1.47. The Morgan fingerprint density at radius 1 is 0.958 bits per heavy atom. The number of para-hydroxylation sites is 1. The van der Waals surface area contributed by atoms with Crippen molar-refractivity contribution in [2.24, 2.45) is 5.73 Å². The molecule has 0 aromatic heterocycles. The lowest BCUT2D eigenvalue weighted by molar-refractivity contribution is -0.138. The molecule has 0 spiro atoms. The number of carboxylic acid groups (broad SMARTS) is 1. The molecule has 1 aliphatic heterocycles. The molecule has 0 bridgehead atoms. The van der Waals surface area contributed by atoms with E-state index in [9.17, 15) is 14.4 Å². The molecule has 2 rings (SSSR count). The van der Waals surface area contributed by atoms with Crippen LogP contribution in [-0.2, 0) is 14.4 Å². The first kappa shape index (κ1) is 17.7. The number of carbonyl (C=O) groups excluding carboxylic acids is 2. The predicted molar refractivity (Wildman–Crippen MR) is 88.5 cm³/mol. The molecule has 3 N–H and O–H groups in total. The van der Waals surface area contributed by atoms with Gasteiger partial charge < -0.3 is 25.5 Å². The van der Waals surface area contributed by atoms with Crippen LogP contribution in [0.5, 0.6) is 0 Å². The summed E-state index contributed by atoms with van der Waals surface area (Å²) in [6.07, 6.45) is 0. The number of carboxylic acids is 1. The highest BCUT2D eigenvalue weighted by molar-refractivity contribution is 5.84. The second kappa shape index (κ2) is 8.30. The third kappa shape index (κ3) is 4.69. The smallest absolute Gasteiger partial charge is 0.323 e. The van der Waals surface area contributed by atoms with Crippen molar-refractivity contribution in [3.05, 3.63) is 30.3 Å². The maximum absolute atomic E-state index is 12.5. The average molecular weight is 334 g/mol. The van der Waals surface area contributed by atoms with Gasteiger partial charge in [0.15, 0.2) is 0 Å². The molecule has 130 valence electrons. The van der Waals surface area contributed by atoms with Crippen LogP contribution in [0.1, 0.15) is 0 Å². The minimum absolute atomic E-state index is 0.0127. The monoisotopic (exact) mass is 334 g/mol. The maximum Gasteiger partial charge on any atom is 0.323 e. The summed E-state index contributed by atoms with van der Waals surface area (Å²) in [5.41, 5.74) is 6.03. The van der Waals surface area contributed by atoms with Crippen molar-refractivity contribution in [3.63, 3.8) is 0 Å². The van der Waals surface area contributed by atoms with Gasteiger partial charge in [0, 0.05) is 31.9 Å². The minimum Gasteiger partial charge on any atom is -0.480 e. The SMILES string of the molecule is NCC(=O)N1CCN(C(=O)CN(CC(=O)O)c2ccccc2)CC1. The van der Waals surface area contributed by atoms with Crippen LogP contribution in [0.4, 0.5) is 5.69 Å². The van der Waals surface area contributed by atoms with Crippen LogP contribution in [0.25, 0.3) is 0 Å². The molecule has 1 heterocycles. The quantitative estimate of drug-likeness (QED) is 0.706. The molecule has 1 aromatic rings. The van der Waals surface area contributed by atoms with E-state index in [1.54, 1.807) is 34.1 Å². The van der Waals surface area contributed by atoms with Crippen molar-refractivity contribution in [1.82, 2.24) is 9.80 Å². The molecule has 0 saturated carbocycles. The van der Waals surface area contributed by atoms with Gasteiger partial charge in [-0.2, -0.15) is 0 Å². The molecule has 0 atom stereocenters. The minimum atomic E-state index is -0.995. The zero-order chi connectivity index (χ0) is 17.5. The van der Waals surface area contributed by atoms with Crippen LogP contribution in [-0.4, -0.2) is 78.5 Å². The second-order valence-electron chi connectivity index (χ2n) is 5.55. The molecule has 8 nitrogen and oxygen atoms in total. The average Bonchev–Trinajstić information content (AvgIpc) is 2.61. The molecular formula is C16H22N4O4. The number of nitrogens with zero attached hydrogens (tertiary/aromatic N) is 3. The van der Waals surface area contributed by atoms with Crippen molar-refractivity contribution in [2.75, 3.05) is 50.7 Å². The number of amides is 2. The molecule has 2 amide bonds. The summed E-state index contributed by atoms with van der Waals surface area (Å²) < 4.78 is 0. The van der Waals surface area contributed by atoms with Crippen LogP contribution >= 0.6 is 0 Å². The summed E-state index contributed by atoms with van der Waals surface area (Å²) in [7, 11) is 0. The van der Waals surface area contributed by atoms with E-state index in [2.05, 4.69) is 0 Å². The Morgan fingerprint density at radius 3 is 2.00 bits per heavy atom. The normalized spacial score (nSPS) is 14.4. The summed E-state index contributed by atoms with van der Waals surface area (Å²) >= 11 is 0. The first-order chi connectivity index (χ1) is 11.5. The number of hydrogen-bond acceptors (Lipinski definition) is 5. The van der Waals surface area contributed by atoms with Gasteiger partial charge in [-0.15, -0.1) is 0 Å². The maximum atomic E-state index is 12.5. The second-order valence-corrected chi connectivity index (χ2v) is 5.55. The third-order valence-electron chi connectivity index (χ3n) is 3.93. The lowest BCUT2D eigenvalue weighted by Gasteiger charge is -2.35. The van der Waals surface area contributed by atoms with Gasteiger partial charge in [0.25, 0.3) is 0 Å². The predicted octanol–water partition coefficient (Wildman–Crippen LogP) is -0.793. The van der Waals surface area contributed by atoms with E-state index >= 15 is 0 Å². The Kier molecular flexibility index (Phi) is 6.14. The number of piperazine rings is 1. The Labute approximate surface area is 140 Å². The number of carbonyl (C=O) groups is 3. The highest BCUT2D eigenvalue weighted by Crippen LogP contribution is 2.13. The topological polar surface area (TPSA) is 107 Å². The van der Waals surface area contributed by atoms with Crippen molar-refractivity contribution in [3.8, 4) is 0 Å². The Morgan fingerprint density at radius 2 is 1.50 bits per heavy atom. The highest BCUT2D eigenvalue weighted by atomic mass is 16.4. The number of aliphatic carboxylic acids is 1. The molecule has 1 saturated heterocycles. The van der Waals surface area contributed by atoms with Gasteiger partial charge in [-0.1, -0.05) is 18.2 Å². The standard InChI is InChI=1S/C16H22N4O4/c17-10-14(21)18-6-8-19(9-7-18)15(22)11-20(12-16(23)24)13-4-2-1-3-5-13/h1-5H,6-12,17H2,(H,23,24). The van der Waals surface area contributed by atoms with Gasteiger partial charge in [-0.3, -0.25) is 14.4 Å². The number of benzene rings is 1. The fourth-order valence-electron chi connectivity index (χ4n) is 2.64. The number of anilines is 1. The largest absolute Gasteiger partial charge is 0.480 e. The molecule has 8 heteroatoms. The fraction of sp³-hybridized carbons (Fsp3) is 0.438. The third-order valence-corrected chi connectivity index (χ3v) is 3.93. The van der Waals surface area contributed by atoms with Gasteiger partial charge in [-0.25, -0.2) is 0 Å². The van der Waals surface area contributed by atoms with Gasteiger partial charge >= 0.3 is 5.97 Å². The van der Waals surface area contributed by atoms with Crippen LogP contribution in [0.3, 0.4) is 0 Å². The molecule has 0 unspecified atom stereocenters. The van der Waals surface area contributed by atoms with E-state index < -0.39 is 5.97 Å². The van der Waals surface area contributed by atoms with Crippen molar-refractivity contribution < 1.29 is 19.5 Å². The summed E-state index contributed by atoms with van der Waals surface area (Å²) in [6, 6.07) is 8.97. The Hall–Kier alpha value is -2.61. The zero-order valence-electron chi connectivity index (χ0n) is 13.4. The lowest BCUT2D eigenvalue weighted by Crippen LogP contribution is -2.54. The van der Waals surface area contributed by atoms with E-state index in [-0.39, 0.29) is 31.4 Å². The molecular weight excluding hydrogens is 312 g/mol. The highest BCUT2D eigenvalue weighted by Gasteiger charge is 2.25. The first-order valence-corrected chi connectivity index (χ1v) is 7.78. The van der Waals surface area contributed by atoms with E-state index in [4.69, 9.17) is 10.8 Å². The first-order valence-electron chi connectivity index (χ1n) is 7.78. The van der Waals surface area contributed by atoms with Crippen molar-refractivity contribution in [1.29, 1.82) is 0 Å². The van der Waals surface area contributed by atoms with Crippen LogP contribution in [0.2, 0.25) is 0 Å². The summed E-state index contributed by atoms with van der Waals surface area (Å²) in [4.78, 5) is 39.9. The summed E-state index contributed by atoms with van der Waals surface area (Å²) in [5.74, 6) is -1.27. The van der Waals surface area contributed by atoms with Crippen molar-refractivity contribution >= 4 is 23.5 Å².